The van der Waals surface area contributed by atoms with Crippen LogP contribution in [0.2, 0.25) is 0 Å². The van der Waals surface area contributed by atoms with E-state index >= 15 is 0 Å². The number of nitrogens with one attached hydrogen (secondary N) is 1. The number of aryl methyl sites for hydroxylation is 2. The van der Waals surface area contributed by atoms with Gasteiger partial charge in [0.15, 0.2) is 5.76 Å². The van der Waals surface area contributed by atoms with Gasteiger partial charge in [-0.1, -0.05) is 5.16 Å². The van der Waals surface area contributed by atoms with Gasteiger partial charge in [0.05, 0.1) is 28.0 Å². The number of sulfonamides is 1. The molecule has 11 heteroatoms. The number of hydrogen-bond donors (Lipinski definition) is 1. The van der Waals surface area contributed by atoms with E-state index in [1.54, 1.807) is 13.0 Å². The molecule has 1 saturated carbocycles. The first kappa shape index (κ1) is 20.0. The Balaban J connectivity index is 1.92. The fraction of sp³-hybridized carbons (Fsp3) is 0.389. The molecule has 0 unspecified atom stereocenters. The van der Waals surface area contributed by atoms with Gasteiger partial charge in [0, 0.05) is 23.1 Å². The lowest BCUT2D eigenvalue weighted by Crippen LogP contribution is -2.39. The Hall–Kier alpha value is -2.24. The highest BCUT2D eigenvalue weighted by Gasteiger charge is 2.41. The van der Waals surface area contributed by atoms with E-state index in [9.17, 15) is 18.0 Å². The minimum Gasteiger partial charge on any atom is -0.359 e. The van der Waals surface area contributed by atoms with Gasteiger partial charge in [-0.25, -0.2) is 17.9 Å². The van der Waals surface area contributed by atoms with Crippen LogP contribution in [0.4, 0.5) is 0 Å². The van der Waals surface area contributed by atoms with Crippen LogP contribution in [0, 0.1) is 6.92 Å². The molecule has 154 valence electrons. The van der Waals surface area contributed by atoms with Crippen molar-refractivity contribution in [3.63, 3.8) is 0 Å². The standard InChI is InChI=1S/C18H19BrN4O5S/c1-10-6-11(28-20-10)9-23-16(24)13-7-12(29(26,27)21-18(2)4-5-18)8-14(19)15(13)22(3)17(23)25/h6-8,21H,4-5,9H2,1-3H3. The molecule has 1 aromatic carbocycles. The Morgan fingerprint density at radius 3 is 2.55 bits per heavy atom. The lowest BCUT2D eigenvalue weighted by Gasteiger charge is -2.15. The SMILES string of the molecule is Cc1cc(Cn2c(=O)c3cc(S(=O)(=O)NC4(C)CC4)cc(Br)c3n(C)c2=O)on1. The summed E-state index contributed by atoms with van der Waals surface area (Å²) in [5, 5.41) is 3.87. The van der Waals surface area contributed by atoms with Crippen molar-refractivity contribution in [1.29, 1.82) is 0 Å². The van der Waals surface area contributed by atoms with Crippen LogP contribution < -0.4 is 16.0 Å². The maximum Gasteiger partial charge on any atom is 0.331 e. The van der Waals surface area contributed by atoms with E-state index in [0.717, 1.165) is 17.4 Å². The summed E-state index contributed by atoms with van der Waals surface area (Å²) in [6, 6.07) is 4.34. The lowest BCUT2D eigenvalue weighted by molar-refractivity contribution is 0.369. The maximum absolute atomic E-state index is 13.1. The molecule has 1 N–H and O–H groups in total. The van der Waals surface area contributed by atoms with E-state index in [-0.39, 0.29) is 16.8 Å². The molecular weight excluding hydrogens is 464 g/mol. The highest BCUT2D eigenvalue weighted by atomic mass is 79.9. The third-order valence-corrected chi connectivity index (χ3v) is 7.27. The minimum absolute atomic E-state index is 0.0391. The van der Waals surface area contributed by atoms with E-state index in [2.05, 4.69) is 25.8 Å². The monoisotopic (exact) mass is 482 g/mol. The summed E-state index contributed by atoms with van der Waals surface area (Å²) >= 11 is 3.32. The molecular formula is C18H19BrN4O5S. The molecule has 0 atom stereocenters. The summed E-state index contributed by atoms with van der Waals surface area (Å²) < 4.78 is 36.0. The van der Waals surface area contributed by atoms with Gasteiger partial charge in [-0.3, -0.25) is 13.9 Å². The lowest BCUT2D eigenvalue weighted by atomic mass is 10.2. The van der Waals surface area contributed by atoms with Crippen LogP contribution in [0.25, 0.3) is 10.9 Å². The molecule has 1 fully saturated rings. The van der Waals surface area contributed by atoms with Gasteiger partial charge in [-0.15, -0.1) is 0 Å². The van der Waals surface area contributed by atoms with E-state index in [1.165, 1.54) is 23.7 Å². The fourth-order valence-corrected chi connectivity index (χ4v) is 5.60. The largest absolute Gasteiger partial charge is 0.359 e. The first-order valence-corrected chi connectivity index (χ1v) is 11.2. The number of nitrogens with zero attached hydrogens (tertiary/aromatic N) is 3. The van der Waals surface area contributed by atoms with Gasteiger partial charge in [-0.05, 0) is 54.8 Å². The molecule has 3 aromatic rings. The van der Waals surface area contributed by atoms with Gasteiger partial charge in [-0.2, -0.15) is 0 Å². The summed E-state index contributed by atoms with van der Waals surface area (Å²) in [5.74, 6) is 0.354. The Kier molecular flexibility index (Phi) is 4.59. The second-order valence-electron chi connectivity index (χ2n) is 7.63. The fourth-order valence-electron chi connectivity index (χ4n) is 3.20. The van der Waals surface area contributed by atoms with Crippen LogP contribution in [-0.2, 0) is 23.6 Å². The number of aromatic nitrogens is 3. The number of fused-ring (bicyclic) bond motifs is 1. The van der Waals surface area contributed by atoms with Crippen LogP contribution in [0.3, 0.4) is 0 Å². The summed E-state index contributed by atoms with van der Waals surface area (Å²) in [7, 11) is -2.30. The van der Waals surface area contributed by atoms with Crippen molar-refractivity contribution in [3.05, 3.63) is 55.0 Å². The topological polar surface area (TPSA) is 116 Å². The molecule has 0 aliphatic heterocycles. The highest BCUT2D eigenvalue weighted by molar-refractivity contribution is 9.10. The molecule has 0 spiro atoms. The molecule has 0 amide bonds. The Labute approximate surface area is 174 Å². The first-order valence-electron chi connectivity index (χ1n) is 8.90. The van der Waals surface area contributed by atoms with Crippen LogP contribution >= 0.6 is 15.9 Å². The third kappa shape index (κ3) is 3.58. The Morgan fingerprint density at radius 1 is 1.28 bits per heavy atom. The van der Waals surface area contributed by atoms with Crippen LogP contribution in [0.15, 0.2) is 41.7 Å². The van der Waals surface area contributed by atoms with Crippen LogP contribution in [0.5, 0.6) is 0 Å². The summed E-state index contributed by atoms with van der Waals surface area (Å²) in [6.45, 7) is 3.46. The number of benzene rings is 1. The van der Waals surface area contributed by atoms with Crippen molar-refractivity contribution in [2.45, 2.75) is 43.7 Å². The predicted octanol–water partition coefficient (Wildman–Crippen LogP) is 1.64. The minimum atomic E-state index is -3.82. The molecule has 4 rings (SSSR count). The van der Waals surface area contributed by atoms with Gasteiger partial charge in [0.2, 0.25) is 10.0 Å². The normalized spacial score (nSPS) is 15.7. The van der Waals surface area contributed by atoms with Crippen molar-refractivity contribution >= 4 is 36.9 Å². The smallest absolute Gasteiger partial charge is 0.331 e. The number of rotatable bonds is 5. The molecule has 0 radical (unpaired) electrons. The number of halogens is 1. The quantitative estimate of drug-likeness (QED) is 0.590. The van der Waals surface area contributed by atoms with E-state index in [1.807, 2.05) is 6.92 Å². The molecule has 0 saturated heterocycles. The maximum atomic E-state index is 13.1. The average Bonchev–Trinajstić information content (AvgIpc) is 3.20. The van der Waals surface area contributed by atoms with Gasteiger partial charge >= 0.3 is 5.69 Å². The van der Waals surface area contributed by atoms with Crippen molar-refractivity contribution in [2.75, 3.05) is 0 Å². The zero-order chi connectivity index (χ0) is 21.1. The average molecular weight is 483 g/mol. The van der Waals surface area contributed by atoms with Gasteiger partial charge in [0.25, 0.3) is 5.56 Å². The second kappa shape index (κ2) is 6.64. The molecule has 29 heavy (non-hydrogen) atoms. The van der Waals surface area contributed by atoms with Crippen molar-refractivity contribution < 1.29 is 12.9 Å². The van der Waals surface area contributed by atoms with E-state index in [0.29, 0.717) is 21.4 Å². The second-order valence-corrected chi connectivity index (χ2v) is 10.2. The molecule has 2 heterocycles. The third-order valence-electron chi connectivity index (χ3n) is 5.05. The van der Waals surface area contributed by atoms with E-state index < -0.39 is 26.8 Å². The summed E-state index contributed by atoms with van der Waals surface area (Å²) in [5.41, 5.74) is -0.652. The first-order chi connectivity index (χ1) is 13.5. The van der Waals surface area contributed by atoms with Crippen molar-refractivity contribution in [1.82, 2.24) is 19.0 Å². The zero-order valence-electron chi connectivity index (χ0n) is 16.0. The molecule has 1 aliphatic carbocycles. The Morgan fingerprint density at radius 2 is 1.97 bits per heavy atom. The summed E-state index contributed by atoms with van der Waals surface area (Å²) in [6.07, 6.45) is 1.53. The number of hydrogen-bond acceptors (Lipinski definition) is 6. The predicted molar refractivity (Wildman–Crippen MR) is 109 cm³/mol. The van der Waals surface area contributed by atoms with Crippen LogP contribution in [0.1, 0.15) is 31.2 Å². The zero-order valence-corrected chi connectivity index (χ0v) is 18.4. The van der Waals surface area contributed by atoms with Gasteiger partial charge in [0.1, 0.15) is 0 Å². The van der Waals surface area contributed by atoms with Crippen molar-refractivity contribution in [3.8, 4) is 0 Å². The molecule has 9 nitrogen and oxygen atoms in total. The van der Waals surface area contributed by atoms with Crippen molar-refractivity contribution in [2.24, 2.45) is 7.05 Å². The van der Waals surface area contributed by atoms with Crippen LogP contribution in [-0.4, -0.2) is 28.2 Å². The molecule has 1 aliphatic rings. The molecule has 2 aromatic heterocycles. The van der Waals surface area contributed by atoms with Gasteiger partial charge < -0.3 is 4.52 Å². The Bertz CT molecular complexity index is 1370. The summed E-state index contributed by atoms with van der Waals surface area (Å²) in [4.78, 5) is 25.8. The van der Waals surface area contributed by atoms with E-state index in [4.69, 9.17) is 4.52 Å². The molecule has 0 bridgehead atoms. The highest BCUT2D eigenvalue weighted by Crippen LogP contribution is 2.36.